The van der Waals surface area contributed by atoms with Gasteiger partial charge in [-0.3, -0.25) is 19.3 Å². The Morgan fingerprint density at radius 1 is 1.06 bits per heavy atom. The molecule has 0 bridgehead atoms. The fourth-order valence-electron chi connectivity index (χ4n) is 3.37. The summed E-state index contributed by atoms with van der Waals surface area (Å²) in [7, 11) is -3.49. The van der Waals surface area contributed by atoms with Crippen LogP contribution in [0.3, 0.4) is 0 Å². The highest BCUT2D eigenvalue weighted by atomic mass is 32.2. The normalized spacial score (nSPS) is 17.4. The van der Waals surface area contributed by atoms with Gasteiger partial charge in [0.1, 0.15) is 0 Å². The van der Waals surface area contributed by atoms with Crippen LogP contribution in [-0.4, -0.2) is 49.5 Å². The van der Waals surface area contributed by atoms with Gasteiger partial charge in [-0.15, -0.1) is 0 Å². The summed E-state index contributed by atoms with van der Waals surface area (Å²) in [5, 5.41) is 2.38. The molecule has 8 nitrogen and oxygen atoms in total. The summed E-state index contributed by atoms with van der Waals surface area (Å²) in [5.74, 6) is -0.571. The van der Waals surface area contributed by atoms with E-state index in [-0.39, 0.29) is 47.5 Å². The number of sulfonamides is 1. The van der Waals surface area contributed by atoms with E-state index >= 15 is 0 Å². The summed E-state index contributed by atoms with van der Waals surface area (Å²) >= 11 is 0.891. The largest absolute Gasteiger partial charge is 0.354 e. The third kappa shape index (κ3) is 6.34. The molecule has 0 unspecified atom stereocenters. The Morgan fingerprint density at radius 3 is 2.44 bits per heavy atom. The van der Waals surface area contributed by atoms with Gasteiger partial charge in [-0.2, -0.15) is 0 Å². The van der Waals surface area contributed by atoms with Crippen LogP contribution >= 0.6 is 11.8 Å². The average Bonchev–Trinajstić information content (AvgIpc) is 3.59. The van der Waals surface area contributed by atoms with Crippen molar-refractivity contribution in [1.82, 2.24) is 14.9 Å². The van der Waals surface area contributed by atoms with Crippen LogP contribution in [0.1, 0.15) is 30.4 Å². The first-order valence-corrected chi connectivity index (χ1v) is 13.3. The molecular weight excluding hydrogens is 474 g/mol. The number of imide groups is 1. The topological polar surface area (TPSA) is 113 Å². The van der Waals surface area contributed by atoms with Crippen molar-refractivity contribution in [3.8, 4) is 0 Å². The number of aryl methyl sites for hydroxylation is 1. The van der Waals surface area contributed by atoms with Gasteiger partial charge < -0.3 is 5.32 Å². The first-order valence-electron chi connectivity index (χ1n) is 11.0. The molecule has 0 aromatic heterocycles. The van der Waals surface area contributed by atoms with Crippen LogP contribution in [0.2, 0.25) is 0 Å². The number of amides is 3. The summed E-state index contributed by atoms with van der Waals surface area (Å²) in [5.41, 5.74) is 1.68. The monoisotopic (exact) mass is 499 g/mol. The molecule has 3 amide bonds. The van der Waals surface area contributed by atoms with E-state index in [0.29, 0.717) is 11.3 Å². The molecule has 34 heavy (non-hydrogen) atoms. The Morgan fingerprint density at radius 2 is 1.76 bits per heavy atom. The maximum Gasteiger partial charge on any atom is 0.293 e. The second-order valence-electron chi connectivity index (χ2n) is 8.13. The number of carbonyl (C=O) groups is 3. The molecule has 2 fully saturated rings. The van der Waals surface area contributed by atoms with Crippen molar-refractivity contribution in [3.63, 3.8) is 0 Å². The Hall–Kier alpha value is -2.95. The van der Waals surface area contributed by atoms with Crippen LogP contribution in [0.25, 0.3) is 6.08 Å². The molecule has 1 saturated carbocycles. The predicted molar refractivity (Wildman–Crippen MR) is 130 cm³/mol. The zero-order valence-electron chi connectivity index (χ0n) is 18.4. The minimum Gasteiger partial charge on any atom is -0.354 e. The van der Waals surface area contributed by atoms with E-state index in [9.17, 15) is 22.8 Å². The predicted octanol–water partition coefficient (Wildman–Crippen LogP) is 2.91. The number of benzene rings is 2. The molecule has 0 spiro atoms. The van der Waals surface area contributed by atoms with E-state index in [4.69, 9.17) is 0 Å². The van der Waals surface area contributed by atoms with E-state index < -0.39 is 10.0 Å². The molecule has 1 aliphatic heterocycles. The summed E-state index contributed by atoms with van der Waals surface area (Å²) in [6, 6.07) is 15.8. The average molecular weight is 500 g/mol. The van der Waals surface area contributed by atoms with Crippen molar-refractivity contribution in [2.75, 3.05) is 13.1 Å². The van der Waals surface area contributed by atoms with Gasteiger partial charge in [0.2, 0.25) is 15.9 Å². The van der Waals surface area contributed by atoms with Crippen molar-refractivity contribution in [1.29, 1.82) is 0 Å². The maximum absolute atomic E-state index is 12.5. The Balaban J connectivity index is 1.21. The lowest BCUT2D eigenvalue weighted by Crippen LogP contribution is -2.37. The quantitative estimate of drug-likeness (QED) is 0.486. The first-order chi connectivity index (χ1) is 16.3. The van der Waals surface area contributed by atoms with Crippen molar-refractivity contribution in [2.24, 2.45) is 0 Å². The Bertz CT molecular complexity index is 1210. The molecule has 4 rings (SSSR count). The SMILES string of the molecule is O=C(CCc1ccc(S(=O)(=O)NC2CC2)cc1)NCCN1C(=O)S/C(=C\c2ccccc2)C1=O. The molecule has 0 atom stereocenters. The minimum atomic E-state index is -3.49. The van der Waals surface area contributed by atoms with Gasteiger partial charge in [-0.25, -0.2) is 13.1 Å². The third-order valence-corrected chi connectivity index (χ3v) is 7.85. The van der Waals surface area contributed by atoms with Crippen LogP contribution in [0.5, 0.6) is 0 Å². The number of hydrogen-bond acceptors (Lipinski definition) is 6. The van der Waals surface area contributed by atoms with Crippen molar-refractivity contribution < 1.29 is 22.8 Å². The van der Waals surface area contributed by atoms with E-state index in [2.05, 4.69) is 10.0 Å². The highest BCUT2D eigenvalue weighted by molar-refractivity contribution is 8.18. The van der Waals surface area contributed by atoms with Crippen LogP contribution in [0, 0.1) is 0 Å². The van der Waals surface area contributed by atoms with E-state index in [1.165, 1.54) is 0 Å². The molecule has 1 aliphatic carbocycles. The van der Waals surface area contributed by atoms with Crippen LogP contribution in [-0.2, 0) is 26.0 Å². The van der Waals surface area contributed by atoms with Gasteiger partial charge in [0.15, 0.2) is 0 Å². The summed E-state index contributed by atoms with van der Waals surface area (Å²) in [6.45, 7) is 0.266. The number of thioether (sulfide) groups is 1. The highest BCUT2D eigenvalue weighted by Crippen LogP contribution is 2.31. The number of nitrogens with zero attached hydrogens (tertiary/aromatic N) is 1. The van der Waals surface area contributed by atoms with Gasteiger partial charge >= 0.3 is 0 Å². The third-order valence-electron chi connectivity index (χ3n) is 5.40. The standard InChI is InChI=1S/C24H25N3O5S2/c28-22(13-8-17-6-11-20(12-7-17)34(31,32)26-19-9-10-19)25-14-15-27-23(29)21(33-24(27)30)16-18-4-2-1-3-5-18/h1-7,11-12,16,19,26H,8-10,13-15H2,(H,25,28)/b21-16-. The van der Waals surface area contributed by atoms with E-state index in [0.717, 1.165) is 40.6 Å². The second kappa shape index (κ2) is 10.5. The van der Waals surface area contributed by atoms with E-state index in [1.54, 1.807) is 30.3 Å². The highest BCUT2D eigenvalue weighted by Gasteiger charge is 2.34. The van der Waals surface area contributed by atoms with Crippen molar-refractivity contribution >= 4 is 44.9 Å². The zero-order valence-corrected chi connectivity index (χ0v) is 20.0. The molecular formula is C24H25N3O5S2. The number of carbonyl (C=O) groups excluding carboxylic acids is 3. The lowest BCUT2D eigenvalue weighted by atomic mass is 10.1. The molecule has 0 radical (unpaired) electrons. The maximum atomic E-state index is 12.5. The molecule has 1 heterocycles. The zero-order chi connectivity index (χ0) is 24.1. The summed E-state index contributed by atoms with van der Waals surface area (Å²) in [6.07, 6.45) is 4.08. The lowest BCUT2D eigenvalue weighted by Gasteiger charge is -2.13. The van der Waals surface area contributed by atoms with Crippen LogP contribution in [0.4, 0.5) is 4.79 Å². The van der Waals surface area contributed by atoms with E-state index in [1.807, 2.05) is 30.3 Å². The Kier molecular flexibility index (Phi) is 7.50. The lowest BCUT2D eigenvalue weighted by molar-refractivity contribution is -0.124. The molecule has 2 aromatic rings. The fourth-order valence-corrected chi connectivity index (χ4v) is 5.54. The molecule has 178 valence electrons. The number of nitrogens with one attached hydrogen (secondary N) is 2. The van der Waals surface area contributed by atoms with Gasteiger partial charge in [0.05, 0.1) is 9.80 Å². The number of hydrogen-bond donors (Lipinski definition) is 2. The summed E-state index contributed by atoms with van der Waals surface area (Å²) in [4.78, 5) is 38.6. The molecule has 2 aliphatic rings. The van der Waals surface area contributed by atoms with Gasteiger partial charge in [-0.1, -0.05) is 42.5 Å². The van der Waals surface area contributed by atoms with Crippen molar-refractivity contribution in [2.45, 2.75) is 36.6 Å². The molecule has 1 saturated heterocycles. The van der Waals surface area contributed by atoms with Gasteiger partial charge in [0, 0.05) is 25.6 Å². The number of rotatable bonds is 10. The van der Waals surface area contributed by atoms with Crippen LogP contribution in [0.15, 0.2) is 64.4 Å². The summed E-state index contributed by atoms with van der Waals surface area (Å²) < 4.78 is 27.1. The smallest absolute Gasteiger partial charge is 0.293 e. The molecule has 2 N–H and O–H groups in total. The first kappa shape index (κ1) is 24.2. The Labute approximate surface area is 202 Å². The van der Waals surface area contributed by atoms with Crippen molar-refractivity contribution in [3.05, 3.63) is 70.6 Å². The molecule has 2 aromatic carbocycles. The second-order valence-corrected chi connectivity index (χ2v) is 10.8. The fraction of sp³-hybridized carbons (Fsp3) is 0.292. The van der Waals surface area contributed by atoms with Crippen LogP contribution < -0.4 is 10.0 Å². The molecule has 10 heteroatoms. The minimum absolute atomic E-state index is 0.0459. The van der Waals surface area contributed by atoms with Gasteiger partial charge in [-0.05, 0) is 60.4 Å². The van der Waals surface area contributed by atoms with Gasteiger partial charge in [0.25, 0.3) is 11.1 Å².